The molecule has 0 aromatic heterocycles. The van der Waals surface area contributed by atoms with Crippen LogP contribution in [0.4, 0.5) is 11.4 Å². The first kappa shape index (κ1) is 74.9. The Morgan fingerprint density at radius 2 is 1.00 bits per heavy atom. The Labute approximate surface area is 495 Å². The summed E-state index contributed by atoms with van der Waals surface area (Å²) < 4.78 is 0. The van der Waals surface area contributed by atoms with E-state index in [1.54, 1.807) is 0 Å². The molecule has 2 aromatic rings. The summed E-state index contributed by atoms with van der Waals surface area (Å²) in [4.78, 5) is 39.0. The van der Waals surface area contributed by atoms with Crippen molar-refractivity contribution in [1.29, 1.82) is 0 Å². The Balaban J connectivity index is 0.000000489. The molecule has 7 saturated heterocycles. The Morgan fingerprint density at radius 3 is 1.43 bits per heavy atom. The molecule has 80 heavy (non-hydrogen) atoms. The number of carbonyl (C=O) groups excluding carboxylic acids is 2. The molecule has 4 N–H and O–H groups in total. The summed E-state index contributed by atoms with van der Waals surface area (Å²) in [6.07, 6.45) is 11.6. The summed E-state index contributed by atoms with van der Waals surface area (Å²) in [7, 11) is 0. The first-order valence-corrected chi connectivity index (χ1v) is 33.1. The molecule has 2 aromatic carbocycles. The van der Waals surface area contributed by atoms with Crippen LogP contribution in [0.2, 0.25) is 0 Å². The highest BCUT2D eigenvalue weighted by molar-refractivity contribution is 6.01. The lowest BCUT2D eigenvalue weighted by atomic mass is 9.85. The molecule has 10 rings (SSSR count). The lowest BCUT2D eigenvalue weighted by Crippen LogP contribution is -2.57. The SMILES string of the molecule is CC.CC.CC.CC.CC(C)C1CCCN1.CC(C)C1CCNC1.CC(C)N1CCC(N2C(=O)Cc3ccccc32)CC1.CC(C)N1CCC2(CC1)C(=O)NCN2c1ccccc1.CC(C)N1CCCC1.CC(C)N1CCNCC1. The minimum absolute atomic E-state index is 0.199. The second-order valence-corrected chi connectivity index (χ2v) is 23.7. The Morgan fingerprint density at radius 1 is 0.500 bits per heavy atom. The number of piperazine rings is 1. The van der Waals surface area contributed by atoms with Crippen LogP contribution in [-0.2, 0) is 16.0 Å². The van der Waals surface area contributed by atoms with Crippen LogP contribution in [0.5, 0.6) is 0 Å². The highest BCUT2D eigenvalue weighted by Crippen LogP contribution is 2.37. The molecule has 2 amide bonds. The van der Waals surface area contributed by atoms with Crippen molar-refractivity contribution < 1.29 is 9.59 Å². The molecule has 2 unspecified atom stereocenters. The zero-order valence-electron chi connectivity index (χ0n) is 55.9. The standard InChI is InChI=1S/C16H23N3O.C16H22N2O.C7H16N2.3C7H15N.4C2H6/c1-13(2)18-10-8-16(9-11-18)15(20)17-12-19(16)14-6-4-3-5-7-14;1-12(2)17-9-7-14(8-10-17)18-15-6-4-3-5-13(15)11-16(18)19;1-7(2)9-5-3-8-4-6-9;1-6(2)7-3-4-8-5-7;1-7(2)8-5-3-4-6-8;1-6(2)7-4-3-5-8-7;4*1-2/h3-7,13H,8-12H2,1-2H3,(H,17,20);3-6,12,14H,7-11H2,1-2H3;7-8H,3-6H2,1-2H3;6-8H,3-5H2,1-2H3;7H,3-6H2,1-2H3;6-8H,3-5H2,1-2H3;4*1-2H3. The maximum atomic E-state index is 12.4. The predicted octanol–water partition coefficient (Wildman–Crippen LogP) is 12.8. The third-order valence-corrected chi connectivity index (χ3v) is 16.9. The Kier molecular flexibility index (Phi) is 40.0. The average molecular weight is 1120 g/mol. The number of nitrogens with one attached hydrogen (secondary N) is 4. The Hall–Kier alpha value is -3.10. The monoisotopic (exact) mass is 1120 g/mol. The second-order valence-electron chi connectivity index (χ2n) is 23.7. The van der Waals surface area contributed by atoms with Crippen LogP contribution in [0.1, 0.15) is 202 Å². The topological polar surface area (TPSA) is 102 Å². The van der Waals surface area contributed by atoms with Gasteiger partial charge in [0.2, 0.25) is 11.8 Å². The largest absolute Gasteiger partial charge is 0.339 e. The fourth-order valence-corrected chi connectivity index (χ4v) is 11.8. The van der Waals surface area contributed by atoms with Gasteiger partial charge >= 0.3 is 0 Å². The maximum absolute atomic E-state index is 12.4. The molecule has 464 valence electrons. The molecule has 2 atom stereocenters. The van der Waals surface area contributed by atoms with E-state index in [0.717, 1.165) is 112 Å². The number of hydrogen-bond acceptors (Lipinski definition) is 10. The zero-order chi connectivity index (χ0) is 60.2. The summed E-state index contributed by atoms with van der Waals surface area (Å²) in [5, 5.41) is 13.2. The number of anilines is 2. The molecular weight excluding hydrogens is 989 g/mol. The minimum atomic E-state index is -0.341. The van der Waals surface area contributed by atoms with Gasteiger partial charge in [-0.15, -0.1) is 0 Å². The van der Waals surface area contributed by atoms with Crippen LogP contribution in [0.15, 0.2) is 54.6 Å². The van der Waals surface area contributed by atoms with Crippen molar-refractivity contribution in [3.05, 3.63) is 60.2 Å². The zero-order valence-corrected chi connectivity index (χ0v) is 55.9. The third kappa shape index (κ3) is 25.0. The van der Waals surface area contributed by atoms with Gasteiger partial charge in [0.25, 0.3) is 0 Å². The van der Waals surface area contributed by atoms with E-state index >= 15 is 0 Å². The number of benzene rings is 2. The summed E-state index contributed by atoms with van der Waals surface area (Å²) in [6.45, 7) is 59.1. The lowest BCUT2D eigenvalue weighted by molar-refractivity contribution is -0.125. The van der Waals surface area contributed by atoms with Crippen LogP contribution in [0.25, 0.3) is 0 Å². The van der Waals surface area contributed by atoms with E-state index in [0.29, 0.717) is 31.2 Å². The highest BCUT2D eigenvalue weighted by atomic mass is 16.2. The average Bonchev–Trinajstić information content (AvgIpc) is 4.37. The van der Waals surface area contributed by atoms with Crippen molar-refractivity contribution in [2.45, 2.75) is 244 Å². The van der Waals surface area contributed by atoms with Gasteiger partial charge in [-0.05, 0) is 187 Å². The third-order valence-electron chi connectivity index (χ3n) is 16.9. The number of fused-ring (bicyclic) bond motifs is 1. The molecule has 0 radical (unpaired) electrons. The summed E-state index contributed by atoms with van der Waals surface area (Å²) in [5.41, 5.74) is 3.14. The van der Waals surface area contributed by atoms with Gasteiger partial charge in [0.1, 0.15) is 5.54 Å². The van der Waals surface area contributed by atoms with E-state index in [-0.39, 0.29) is 17.4 Å². The van der Waals surface area contributed by atoms with Crippen molar-refractivity contribution in [1.82, 2.24) is 40.9 Å². The highest BCUT2D eigenvalue weighted by Gasteiger charge is 2.50. The van der Waals surface area contributed by atoms with Crippen molar-refractivity contribution in [2.75, 3.05) is 102 Å². The van der Waals surface area contributed by atoms with Gasteiger partial charge in [0.15, 0.2) is 0 Å². The minimum Gasteiger partial charge on any atom is -0.339 e. The van der Waals surface area contributed by atoms with Crippen LogP contribution in [0, 0.1) is 17.8 Å². The molecule has 8 aliphatic rings. The number of para-hydroxylation sites is 2. The van der Waals surface area contributed by atoms with E-state index in [2.05, 4.69) is 158 Å². The molecule has 7 fully saturated rings. The van der Waals surface area contributed by atoms with Crippen LogP contribution in [0.3, 0.4) is 0 Å². The number of hydrogen-bond donors (Lipinski definition) is 4. The number of carbonyl (C=O) groups is 2. The molecule has 0 bridgehead atoms. The second kappa shape index (κ2) is 42.7. The smallest absolute Gasteiger partial charge is 0.247 e. The van der Waals surface area contributed by atoms with E-state index < -0.39 is 0 Å². The van der Waals surface area contributed by atoms with Crippen LogP contribution >= 0.6 is 0 Å². The number of piperidine rings is 2. The van der Waals surface area contributed by atoms with Gasteiger partial charge in [-0.3, -0.25) is 14.5 Å². The fourth-order valence-electron chi connectivity index (χ4n) is 11.8. The molecule has 12 nitrogen and oxygen atoms in total. The fraction of sp³-hybridized carbons (Fsp3) is 0.794. The molecule has 8 heterocycles. The van der Waals surface area contributed by atoms with Crippen molar-refractivity contribution >= 4 is 23.2 Å². The molecular formula is C68H130N10O2. The van der Waals surface area contributed by atoms with Gasteiger partial charge < -0.3 is 45.8 Å². The molecule has 8 aliphatic heterocycles. The van der Waals surface area contributed by atoms with E-state index in [4.69, 9.17) is 0 Å². The first-order chi connectivity index (χ1) is 38.5. The van der Waals surface area contributed by atoms with Crippen molar-refractivity contribution in [3.63, 3.8) is 0 Å². The van der Waals surface area contributed by atoms with E-state index in [1.165, 1.54) is 83.5 Å². The summed E-state index contributed by atoms with van der Waals surface area (Å²) in [5.74, 6) is 3.14. The van der Waals surface area contributed by atoms with Gasteiger partial charge in [-0.2, -0.15) is 0 Å². The summed E-state index contributed by atoms with van der Waals surface area (Å²) in [6, 6.07) is 22.4. The molecule has 0 aliphatic carbocycles. The quantitative estimate of drug-likeness (QED) is 0.204. The van der Waals surface area contributed by atoms with Crippen molar-refractivity contribution in [3.8, 4) is 0 Å². The molecule has 12 heteroatoms. The van der Waals surface area contributed by atoms with Crippen LogP contribution in [-0.4, -0.2) is 165 Å². The Bertz CT molecular complexity index is 1750. The van der Waals surface area contributed by atoms with Gasteiger partial charge in [0.05, 0.1) is 13.1 Å². The van der Waals surface area contributed by atoms with Gasteiger partial charge in [0, 0.05) is 100.0 Å². The van der Waals surface area contributed by atoms with Gasteiger partial charge in [-0.1, -0.05) is 119 Å². The summed E-state index contributed by atoms with van der Waals surface area (Å²) >= 11 is 0. The number of amides is 2. The maximum Gasteiger partial charge on any atom is 0.247 e. The van der Waals surface area contributed by atoms with Crippen molar-refractivity contribution in [2.24, 2.45) is 17.8 Å². The first-order valence-electron chi connectivity index (χ1n) is 33.1. The molecule has 1 spiro atoms. The van der Waals surface area contributed by atoms with Gasteiger partial charge in [-0.25, -0.2) is 0 Å². The van der Waals surface area contributed by atoms with E-state index in [1.807, 2.05) is 85.7 Å². The lowest BCUT2D eigenvalue weighted by Gasteiger charge is -2.44. The van der Waals surface area contributed by atoms with E-state index in [9.17, 15) is 9.59 Å². The molecule has 0 saturated carbocycles. The predicted molar refractivity (Wildman–Crippen MR) is 351 cm³/mol. The number of nitrogens with zero attached hydrogens (tertiary/aromatic N) is 6. The number of rotatable bonds is 8. The van der Waals surface area contributed by atoms with Crippen LogP contribution < -0.4 is 31.1 Å². The number of likely N-dealkylation sites (tertiary alicyclic amines) is 3. The normalized spacial score (nSPS) is 21.8.